The molecule has 1 unspecified atom stereocenters. The Hall–Kier alpha value is -0.570. The predicted octanol–water partition coefficient (Wildman–Crippen LogP) is 1.63. The number of nitrogens with zero attached hydrogens (tertiary/aromatic N) is 1. The lowest BCUT2D eigenvalue weighted by Crippen LogP contribution is -2.45. The summed E-state index contributed by atoms with van der Waals surface area (Å²) in [6.07, 6.45) is 3.01. The average Bonchev–Trinajstić information content (AvgIpc) is 2.26. The zero-order valence-electron chi connectivity index (χ0n) is 10.4. The first-order chi connectivity index (χ1) is 7.06. The van der Waals surface area contributed by atoms with Crippen molar-refractivity contribution in [3.63, 3.8) is 0 Å². The van der Waals surface area contributed by atoms with Crippen molar-refractivity contribution in [3.05, 3.63) is 0 Å². The fourth-order valence-electron chi connectivity index (χ4n) is 2.14. The molecule has 1 rings (SSSR count). The minimum Gasteiger partial charge on any atom is -0.343 e. The van der Waals surface area contributed by atoms with Gasteiger partial charge >= 0.3 is 0 Å². The maximum absolute atomic E-state index is 12.1. The monoisotopic (exact) mass is 212 g/mol. The van der Waals surface area contributed by atoms with E-state index < -0.39 is 0 Å². The van der Waals surface area contributed by atoms with Gasteiger partial charge in [-0.3, -0.25) is 4.79 Å². The SMILES string of the molecule is CCC(C)N(C)C(=O)[C@H]1CCN[C@@H](C)C1. The molecule has 0 aromatic carbocycles. The Morgan fingerprint density at radius 2 is 2.27 bits per heavy atom. The standard InChI is InChI=1S/C12H24N2O/c1-5-10(3)14(4)12(15)11-6-7-13-9(2)8-11/h9-11,13H,5-8H2,1-4H3/t9-,10?,11-/m0/s1. The summed E-state index contributed by atoms with van der Waals surface area (Å²) in [7, 11) is 1.93. The van der Waals surface area contributed by atoms with Crippen molar-refractivity contribution in [3.8, 4) is 0 Å². The van der Waals surface area contributed by atoms with Gasteiger partial charge in [-0.2, -0.15) is 0 Å². The highest BCUT2D eigenvalue weighted by Gasteiger charge is 2.28. The van der Waals surface area contributed by atoms with Gasteiger partial charge in [0, 0.05) is 25.0 Å². The minimum atomic E-state index is 0.236. The molecule has 0 radical (unpaired) electrons. The molecule has 0 bridgehead atoms. The molecule has 1 aliphatic heterocycles. The Morgan fingerprint density at radius 3 is 2.80 bits per heavy atom. The van der Waals surface area contributed by atoms with Crippen LogP contribution in [0, 0.1) is 5.92 Å². The van der Waals surface area contributed by atoms with Crippen molar-refractivity contribution < 1.29 is 4.79 Å². The second kappa shape index (κ2) is 5.50. The van der Waals surface area contributed by atoms with Gasteiger partial charge in [0.25, 0.3) is 0 Å². The molecule has 0 aromatic heterocycles. The van der Waals surface area contributed by atoms with Crippen LogP contribution in [0.2, 0.25) is 0 Å². The number of hydrogen-bond acceptors (Lipinski definition) is 2. The number of carbonyl (C=O) groups excluding carboxylic acids is 1. The maximum atomic E-state index is 12.1. The van der Waals surface area contributed by atoms with Gasteiger partial charge in [0.1, 0.15) is 0 Å². The lowest BCUT2D eigenvalue weighted by Gasteiger charge is -2.32. The molecule has 3 heteroatoms. The predicted molar refractivity (Wildman–Crippen MR) is 62.7 cm³/mol. The topological polar surface area (TPSA) is 32.3 Å². The molecular weight excluding hydrogens is 188 g/mol. The van der Waals surface area contributed by atoms with E-state index in [1.54, 1.807) is 0 Å². The number of nitrogens with one attached hydrogen (secondary N) is 1. The number of amides is 1. The highest BCUT2D eigenvalue weighted by Crippen LogP contribution is 2.19. The van der Waals surface area contributed by atoms with E-state index in [1.807, 2.05) is 11.9 Å². The molecule has 1 saturated heterocycles. The first-order valence-electron chi connectivity index (χ1n) is 6.06. The molecular formula is C12H24N2O. The van der Waals surface area contributed by atoms with Crippen molar-refractivity contribution in [2.75, 3.05) is 13.6 Å². The van der Waals surface area contributed by atoms with E-state index in [0.717, 1.165) is 25.8 Å². The number of piperidine rings is 1. The summed E-state index contributed by atoms with van der Waals surface area (Å²) in [6.45, 7) is 7.37. The summed E-state index contributed by atoms with van der Waals surface area (Å²) >= 11 is 0. The Labute approximate surface area is 93.2 Å². The molecule has 0 saturated carbocycles. The van der Waals surface area contributed by atoms with Crippen LogP contribution in [0.25, 0.3) is 0 Å². The van der Waals surface area contributed by atoms with E-state index >= 15 is 0 Å². The largest absolute Gasteiger partial charge is 0.343 e. The molecule has 1 N–H and O–H groups in total. The summed E-state index contributed by atoms with van der Waals surface area (Å²) in [4.78, 5) is 14.1. The summed E-state index contributed by atoms with van der Waals surface area (Å²) in [5.41, 5.74) is 0. The van der Waals surface area contributed by atoms with Gasteiger partial charge in [-0.1, -0.05) is 6.92 Å². The van der Waals surface area contributed by atoms with Crippen molar-refractivity contribution in [1.29, 1.82) is 0 Å². The van der Waals surface area contributed by atoms with Crippen LogP contribution >= 0.6 is 0 Å². The van der Waals surface area contributed by atoms with Crippen LogP contribution < -0.4 is 5.32 Å². The van der Waals surface area contributed by atoms with E-state index in [9.17, 15) is 4.79 Å². The number of rotatable bonds is 3. The van der Waals surface area contributed by atoms with Crippen molar-refractivity contribution in [2.45, 2.75) is 52.1 Å². The quantitative estimate of drug-likeness (QED) is 0.771. The summed E-state index contributed by atoms with van der Waals surface area (Å²) < 4.78 is 0. The van der Waals surface area contributed by atoms with Crippen LogP contribution in [0.3, 0.4) is 0 Å². The molecule has 0 spiro atoms. The highest BCUT2D eigenvalue weighted by atomic mass is 16.2. The Morgan fingerprint density at radius 1 is 1.60 bits per heavy atom. The van der Waals surface area contributed by atoms with Gasteiger partial charge < -0.3 is 10.2 Å². The van der Waals surface area contributed by atoms with E-state index in [-0.39, 0.29) is 5.92 Å². The first-order valence-corrected chi connectivity index (χ1v) is 6.06. The zero-order chi connectivity index (χ0) is 11.4. The van der Waals surface area contributed by atoms with Crippen LogP contribution in [-0.2, 0) is 4.79 Å². The molecule has 1 heterocycles. The highest BCUT2D eigenvalue weighted by molar-refractivity contribution is 5.79. The van der Waals surface area contributed by atoms with Crippen LogP contribution in [0.15, 0.2) is 0 Å². The lowest BCUT2D eigenvalue weighted by molar-refractivity contribution is -0.137. The normalized spacial score (nSPS) is 28.5. The maximum Gasteiger partial charge on any atom is 0.225 e. The summed E-state index contributed by atoms with van der Waals surface area (Å²) in [5, 5.41) is 3.38. The van der Waals surface area contributed by atoms with Gasteiger partial charge in [-0.25, -0.2) is 0 Å². The third-order valence-corrected chi connectivity index (χ3v) is 3.57. The smallest absolute Gasteiger partial charge is 0.225 e. The van der Waals surface area contributed by atoms with Gasteiger partial charge in [-0.05, 0) is 39.7 Å². The summed E-state index contributed by atoms with van der Waals surface area (Å²) in [5.74, 6) is 0.568. The Bertz CT molecular complexity index is 218. The van der Waals surface area contributed by atoms with Crippen molar-refractivity contribution in [2.24, 2.45) is 5.92 Å². The van der Waals surface area contributed by atoms with Gasteiger partial charge in [0.15, 0.2) is 0 Å². The van der Waals surface area contributed by atoms with Gasteiger partial charge in [0.05, 0.1) is 0 Å². The minimum absolute atomic E-state index is 0.236. The molecule has 3 nitrogen and oxygen atoms in total. The molecule has 1 fully saturated rings. The lowest BCUT2D eigenvalue weighted by atomic mass is 9.91. The van der Waals surface area contributed by atoms with E-state index in [2.05, 4.69) is 26.1 Å². The van der Waals surface area contributed by atoms with E-state index in [1.165, 1.54) is 0 Å². The Kier molecular flexibility index (Phi) is 4.58. The average molecular weight is 212 g/mol. The Balaban J connectivity index is 2.51. The van der Waals surface area contributed by atoms with Crippen molar-refractivity contribution in [1.82, 2.24) is 10.2 Å². The fraction of sp³-hybridized carbons (Fsp3) is 0.917. The van der Waals surface area contributed by atoms with Crippen LogP contribution in [-0.4, -0.2) is 36.5 Å². The van der Waals surface area contributed by atoms with Crippen LogP contribution in [0.4, 0.5) is 0 Å². The molecule has 3 atom stereocenters. The van der Waals surface area contributed by atoms with Crippen molar-refractivity contribution >= 4 is 5.91 Å². The molecule has 88 valence electrons. The van der Waals surface area contributed by atoms with Gasteiger partial charge in [0.2, 0.25) is 5.91 Å². The number of hydrogen-bond donors (Lipinski definition) is 1. The molecule has 1 amide bonds. The molecule has 15 heavy (non-hydrogen) atoms. The van der Waals surface area contributed by atoms with Crippen LogP contribution in [0.1, 0.15) is 40.0 Å². The third-order valence-electron chi connectivity index (χ3n) is 3.57. The summed E-state index contributed by atoms with van der Waals surface area (Å²) in [6, 6.07) is 0.848. The molecule has 0 aliphatic carbocycles. The van der Waals surface area contributed by atoms with E-state index in [4.69, 9.17) is 0 Å². The molecule has 0 aromatic rings. The number of carbonyl (C=O) groups is 1. The fourth-order valence-corrected chi connectivity index (χ4v) is 2.14. The van der Waals surface area contributed by atoms with E-state index in [0.29, 0.717) is 18.0 Å². The second-order valence-corrected chi connectivity index (χ2v) is 4.78. The second-order valence-electron chi connectivity index (χ2n) is 4.78. The van der Waals surface area contributed by atoms with Crippen LogP contribution in [0.5, 0.6) is 0 Å². The molecule has 1 aliphatic rings. The van der Waals surface area contributed by atoms with Gasteiger partial charge in [-0.15, -0.1) is 0 Å². The third kappa shape index (κ3) is 3.20. The first kappa shape index (κ1) is 12.5. The zero-order valence-corrected chi connectivity index (χ0v) is 10.4.